The predicted molar refractivity (Wildman–Crippen MR) is 87.8 cm³/mol. The molecule has 1 aliphatic rings. The van der Waals surface area contributed by atoms with Crippen molar-refractivity contribution in [3.05, 3.63) is 59.8 Å². The van der Waals surface area contributed by atoms with Gasteiger partial charge in [0.1, 0.15) is 17.2 Å². The number of rotatable bonds is 4. The van der Waals surface area contributed by atoms with Gasteiger partial charge in [-0.25, -0.2) is 14.4 Å². The third-order valence-corrected chi connectivity index (χ3v) is 4.40. The van der Waals surface area contributed by atoms with Gasteiger partial charge in [-0.15, -0.1) is 0 Å². The Labute approximate surface area is 134 Å². The SMILES string of the molecule is Fc1cccc(Cn2c(CC3CCCN3)nc3cccnc32)c1. The topological polar surface area (TPSA) is 42.7 Å². The standard InChI is InChI=1S/C18H19FN4/c19-14-5-1-4-13(10-14)12-23-17(11-15-6-2-8-20-15)22-16-7-3-9-21-18(16)23/h1,3-5,7,9-10,15,20H,2,6,8,11-12H2. The van der Waals surface area contributed by atoms with Crippen LogP contribution in [0.25, 0.3) is 11.2 Å². The van der Waals surface area contributed by atoms with Crippen LogP contribution in [0.15, 0.2) is 42.6 Å². The minimum absolute atomic E-state index is 0.209. The first-order valence-electron chi connectivity index (χ1n) is 8.07. The molecule has 3 heterocycles. The van der Waals surface area contributed by atoms with Gasteiger partial charge in [0, 0.05) is 18.7 Å². The Morgan fingerprint density at radius 1 is 1.26 bits per heavy atom. The summed E-state index contributed by atoms with van der Waals surface area (Å²) in [5.41, 5.74) is 2.69. The third kappa shape index (κ3) is 2.97. The van der Waals surface area contributed by atoms with Gasteiger partial charge in [0.25, 0.3) is 0 Å². The van der Waals surface area contributed by atoms with Gasteiger partial charge in [-0.3, -0.25) is 0 Å². The molecule has 1 aliphatic heterocycles. The van der Waals surface area contributed by atoms with E-state index in [2.05, 4.69) is 14.9 Å². The molecule has 23 heavy (non-hydrogen) atoms. The van der Waals surface area contributed by atoms with Crippen LogP contribution in [0, 0.1) is 5.82 Å². The van der Waals surface area contributed by atoms with Gasteiger partial charge < -0.3 is 9.88 Å². The number of hydrogen-bond donors (Lipinski definition) is 1. The van der Waals surface area contributed by atoms with Crippen molar-refractivity contribution in [2.75, 3.05) is 6.54 Å². The van der Waals surface area contributed by atoms with Crippen molar-refractivity contribution in [2.45, 2.75) is 31.8 Å². The molecule has 0 spiro atoms. The van der Waals surface area contributed by atoms with E-state index in [0.717, 1.165) is 35.5 Å². The maximum atomic E-state index is 13.5. The average Bonchev–Trinajstić information content (AvgIpc) is 3.17. The molecular weight excluding hydrogens is 291 g/mol. The fourth-order valence-electron chi connectivity index (χ4n) is 3.30. The molecule has 0 saturated carbocycles. The van der Waals surface area contributed by atoms with Crippen LogP contribution in [0.2, 0.25) is 0 Å². The minimum Gasteiger partial charge on any atom is -0.314 e. The van der Waals surface area contributed by atoms with Crippen LogP contribution in [-0.2, 0) is 13.0 Å². The molecule has 4 nitrogen and oxygen atoms in total. The van der Waals surface area contributed by atoms with E-state index in [1.165, 1.54) is 18.9 Å². The fourth-order valence-corrected chi connectivity index (χ4v) is 3.30. The maximum absolute atomic E-state index is 13.5. The fraction of sp³-hybridized carbons (Fsp3) is 0.333. The van der Waals surface area contributed by atoms with Gasteiger partial charge in [-0.1, -0.05) is 12.1 Å². The van der Waals surface area contributed by atoms with Crippen LogP contribution >= 0.6 is 0 Å². The molecule has 1 unspecified atom stereocenters. The second-order valence-electron chi connectivity index (χ2n) is 6.09. The van der Waals surface area contributed by atoms with Crippen molar-refractivity contribution in [3.63, 3.8) is 0 Å². The molecule has 5 heteroatoms. The molecular formula is C18H19FN4. The number of hydrogen-bond acceptors (Lipinski definition) is 3. The highest BCUT2D eigenvalue weighted by Gasteiger charge is 2.19. The van der Waals surface area contributed by atoms with E-state index in [1.54, 1.807) is 18.3 Å². The van der Waals surface area contributed by atoms with Gasteiger partial charge in [0.05, 0.1) is 6.54 Å². The molecule has 1 fully saturated rings. The molecule has 0 bridgehead atoms. The minimum atomic E-state index is -0.209. The van der Waals surface area contributed by atoms with Gasteiger partial charge in [0.15, 0.2) is 5.65 Å². The van der Waals surface area contributed by atoms with Crippen molar-refractivity contribution in [1.29, 1.82) is 0 Å². The van der Waals surface area contributed by atoms with Crippen LogP contribution in [0.1, 0.15) is 24.2 Å². The number of nitrogens with zero attached hydrogens (tertiary/aromatic N) is 3. The summed E-state index contributed by atoms with van der Waals surface area (Å²) < 4.78 is 15.6. The summed E-state index contributed by atoms with van der Waals surface area (Å²) in [6.07, 6.45) is 5.05. The third-order valence-electron chi connectivity index (χ3n) is 4.40. The normalized spacial score (nSPS) is 17.9. The van der Waals surface area contributed by atoms with Crippen molar-refractivity contribution in [1.82, 2.24) is 19.9 Å². The van der Waals surface area contributed by atoms with E-state index in [0.29, 0.717) is 12.6 Å². The maximum Gasteiger partial charge on any atom is 0.160 e. The number of pyridine rings is 1. The molecule has 0 aliphatic carbocycles. The number of nitrogens with one attached hydrogen (secondary N) is 1. The highest BCUT2D eigenvalue weighted by atomic mass is 19.1. The van der Waals surface area contributed by atoms with Crippen molar-refractivity contribution in [3.8, 4) is 0 Å². The number of halogens is 1. The second kappa shape index (κ2) is 6.08. The molecule has 3 aromatic rings. The lowest BCUT2D eigenvalue weighted by Gasteiger charge is -2.13. The van der Waals surface area contributed by atoms with E-state index >= 15 is 0 Å². The number of fused-ring (bicyclic) bond motifs is 1. The summed E-state index contributed by atoms with van der Waals surface area (Å²) in [6, 6.07) is 11.1. The summed E-state index contributed by atoms with van der Waals surface area (Å²) in [5, 5.41) is 3.52. The van der Waals surface area contributed by atoms with Gasteiger partial charge in [-0.2, -0.15) is 0 Å². The molecule has 1 atom stereocenters. The summed E-state index contributed by atoms with van der Waals surface area (Å²) in [4.78, 5) is 9.24. The highest BCUT2D eigenvalue weighted by molar-refractivity contribution is 5.71. The smallest absolute Gasteiger partial charge is 0.160 e. The Kier molecular flexibility index (Phi) is 3.79. The quantitative estimate of drug-likeness (QED) is 0.806. The number of benzene rings is 1. The molecule has 0 radical (unpaired) electrons. The molecule has 4 rings (SSSR count). The molecule has 1 saturated heterocycles. The first kappa shape index (κ1) is 14.3. The van der Waals surface area contributed by atoms with Crippen LogP contribution in [0.5, 0.6) is 0 Å². The Morgan fingerprint density at radius 2 is 2.22 bits per heavy atom. The second-order valence-corrected chi connectivity index (χ2v) is 6.09. The molecule has 1 N–H and O–H groups in total. The van der Waals surface area contributed by atoms with E-state index in [9.17, 15) is 4.39 Å². The Hall–Kier alpha value is -2.27. The summed E-state index contributed by atoms with van der Waals surface area (Å²) in [5.74, 6) is 0.807. The van der Waals surface area contributed by atoms with Crippen LogP contribution in [0.4, 0.5) is 4.39 Å². The number of imidazole rings is 1. The Morgan fingerprint density at radius 3 is 3.04 bits per heavy atom. The zero-order chi connectivity index (χ0) is 15.6. The van der Waals surface area contributed by atoms with E-state index in [-0.39, 0.29) is 5.82 Å². The summed E-state index contributed by atoms with van der Waals surface area (Å²) >= 11 is 0. The molecule has 118 valence electrons. The first-order chi connectivity index (χ1) is 11.3. The average molecular weight is 310 g/mol. The summed E-state index contributed by atoms with van der Waals surface area (Å²) in [7, 11) is 0. The van der Waals surface area contributed by atoms with Crippen molar-refractivity contribution >= 4 is 11.2 Å². The Balaban J connectivity index is 1.72. The van der Waals surface area contributed by atoms with E-state index in [1.807, 2.05) is 18.2 Å². The molecule has 0 amide bonds. The Bertz CT molecular complexity index is 821. The van der Waals surface area contributed by atoms with Crippen molar-refractivity contribution < 1.29 is 4.39 Å². The lowest BCUT2D eigenvalue weighted by Crippen LogP contribution is -2.25. The lowest BCUT2D eigenvalue weighted by atomic mass is 10.1. The van der Waals surface area contributed by atoms with E-state index < -0.39 is 0 Å². The number of aromatic nitrogens is 3. The largest absolute Gasteiger partial charge is 0.314 e. The zero-order valence-corrected chi connectivity index (χ0v) is 12.9. The first-order valence-corrected chi connectivity index (χ1v) is 8.07. The summed E-state index contributed by atoms with van der Waals surface area (Å²) in [6.45, 7) is 1.67. The van der Waals surface area contributed by atoms with Crippen LogP contribution in [0.3, 0.4) is 0 Å². The monoisotopic (exact) mass is 310 g/mol. The van der Waals surface area contributed by atoms with Gasteiger partial charge in [0.2, 0.25) is 0 Å². The van der Waals surface area contributed by atoms with Crippen molar-refractivity contribution in [2.24, 2.45) is 0 Å². The van der Waals surface area contributed by atoms with Gasteiger partial charge >= 0.3 is 0 Å². The zero-order valence-electron chi connectivity index (χ0n) is 12.9. The predicted octanol–water partition coefficient (Wildman–Crippen LogP) is 2.91. The lowest BCUT2D eigenvalue weighted by molar-refractivity contribution is 0.567. The van der Waals surface area contributed by atoms with Gasteiger partial charge in [-0.05, 0) is 49.2 Å². The van der Waals surface area contributed by atoms with Crippen LogP contribution in [-0.4, -0.2) is 27.1 Å². The molecule has 2 aromatic heterocycles. The van der Waals surface area contributed by atoms with E-state index in [4.69, 9.17) is 4.98 Å². The molecule has 1 aromatic carbocycles. The van der Waals surface area contributed by atoms with Crippen LogP contribution < -0.4 is 5.32 Å². The highest BCUT2D eigenvalue weighted by Crippen LogP contribution is 2.19.